The Hall–Kier alpha value is -3.97. The van der Waals surface area contributed by atoms with Gasteiger partial charge in [0, 0.05) is 6.42 Å². The average molecular weight is 705 g/mol. The van der Waals surface area contributed by atoms with E-state index in [0.717, 1.165) is 0 Å². The van der Waals surface area contributed by atoms with Crippen LogP contribution in [0.25, 0.3) is 0 Å². The molecule has 0 radical (unpaired) electrons. The van der Waals surface area contributed by atoms with Crippen molar-refractivity contribution in [1.29, 1.82) is 0 Å². The minimum atomic E-state index is -1.63. The Labute approximate surface area is 284 Å². The van der Waals surface area contributed by atoms with Crippen molar-refractivity contribution in [2.24, 2.45) is 23.1 Å². The zero-order chi connectivity index (χ0) is 37.0. The van der Waals surface area contributed by atoms with E-state index in [0.29, 0.717) is 31.6 Å². The maximum Gasteiger partial charge on any atom is 0.326 e. The Morgan fingerprint density at radius 3 is 1.83 bits per heavy atom. The number of hydrogen-bond donors (Lipinski definition) is 10. The highest BCUT2D eigenvalue weighted by Crippen LogP contribution is 2.11. The van der Waals surface area contributed by atoms with Gasteiger partial charge in [-0.15, -0.1) is 0 Å². The van der Waals surface area contributed by atoms with Crippen LogP contribution < -0.4 is 43.8 Å². The van der Waals surface area contributed by atoms with Crippen LogP contribution in [-0.4, -0.2) is 112 Å². The van der Waals surface area contributed by atoms with Gasteiger partial charge in [0.25, 0.3) is 0 Å². The standard InChI is InChI=1S/C29H52N8O10S/c1-5-15(2)23(37-27(44)20(14-22(39)40)36-25(42)17(31)9-10-21(32)38)28(45)33-16(3)24(41)34-18(8-6-7-12-30)26(43)35-19(29(46)47)11-13-48-4/h15-20,23H,5-14,30-31H2,1-4H3,(H2,32,38)(H,33,45)(H,34,41)(H,35,43)(H,36,42)(H,37,44)(H,39,40)(H,46,47)/t15-,16-,17-,18-,19-,20-,23-/m0/s1. The highest BCUT2D eigenvalue weighted by molar-refractivity contribution is 7.98. The summed E-state index contributed by atoms with van der Waals surface area (Å²) in [5.41, 5.74) is 16.3. The first-order chi connectivity index (χ1) is 22.5. The number of aliphatic carboxylic acids is 2. The Morgan fingerprint density at radius 2 is 1.31 bits per heavy atom. The number of amides is 6. The largest absolute Gasteiger partial charge is 0.481 e. The van der Waals surface area contributed by atoms with Gasteiger partial charge in [0.05, 0.1) is 12.5 Å². The van der Waals surface area contributed by atoms with Gasteiger partial charge in [-0.2, -0.15) is 11.8 Å². The molecular weight excluding hydrogens is 652 g/mol. The third-order valence-electron chi connectivity index (χ3n) is 7.40. The van der Waals surface area contributed by atoms with Crippen LogP contribution in [0.3, 0.4) is 0 Å². The number of hydrogen-bond acceptors (Lipinski definition) is 11. The molecule has 0 rings (SSSR count). The van der Waals surface area contributed by atoms with Crippen molar-refractivity contribution in [3.05, 3.63) is 0 Å². The lowest BCUT2D eigenvalue weighted by atomic mass is 9.97. The highest BCUT2D eigenvalue weighted by Gasteiger charge is 2.34. The molecule has 0 heterocycles. The molecule has 274 valence electrons. The second kappa shape index (κ2) is 23.4. The third kappa shape index (κ3) is 17.3. The summed E-state index contributed by atoms with van der Waals surface area (Å²) in [6.45, 7) is 5.04. The molecule has 0 aromatic carbocycles. The maximum absolute atomic E-state index is 13.3. The zero-order valence-corrected chi connectivity index (χ0v) is 28.7. The second-order valence-electron chi connectivity index (χ2n) is 11.4. The smallest absolute Gasteiger partial charge is 0.326 e. The summed E-state index contributed by atoms with van der Waals surface area (Å²) >= 11 is 1.41. The van der Waals surface area contributed by atoms with E-state index in [1.165, 1.54) is 18.7 Å². The molecule has 0 unspecified atom stereocenters. The summed E-state index contributed by atoms with van der Waals surface area (Å²) < 4.78 is 0. The van der Waals surface area contributed by atoms with Gasteiger partial charge < -0.3 is 54.0 Å². The third-order valence-corrected chi connectivity index (χ3v) is 8.04. The van der Waals surface area contributed by atoms with Gasteiger partial charge in [0.1, 0.15) is 30.2 Å². The predicted octanol–water partition coefficient (Wildman–Crippen LogP) is -2.49. The number of unbranched alkanes of at least 4 members (excludes halogenated alkanes) is 1. The molecule has 0 aromatic rings. The fourth-order valence-electron chi connectivity index (χ4n) is 4.24. The van der Waals surface area contributed by atoms with Crippen LogP contribution in [0.5, 0.6) is 0 Å². The van der Waals surface area contributed by atoms with Crippen molar-refractivity contribution in [2.75, 3.05) is 18.6 Å². The van der Waals surface area contributed by atoms with Gasteiger partial charge in [0.2, 0.25) is 35.4 Å². The first-order valence-corrected chi connectivity index (χ1v) is 17.1. The van der Waals surface area contributed by atoms with E-state index in [2.05, 4.69) is 26.6 Å². The zero-order valence-electron chi connectivity index (χ0n) is 27.9. The molecule has 0 bridgehead atoms. The predicted molar refractivity (Wildman–Crippen MR) is 177 cm³/mol. The van der Waals surface area contributed by atoms with Crippen LogP contribution in [0.1, 0.15) is 72.1 Å². The maximum atomic E-state index is 13.3. The number of carbonyl (C=O) groups excluding carboxylic acids is 6. The lowest BCUT2D eigenvalue weighted by Gasteiger charge is -2.28. The number of nitrogens with one attached hydrogen (secondary N) is 5. The summed E-state index contributed by atoms with van der Waals surface area (Å²) in [6.07, 6.45) is 2.27. The van der Waals surface area contributed by atoms with Gasteiger partial charge in [-0.3, -0.25) is 33.6 Å². The summed E-state index contributed by atoms with van der Waals surface area (Å²) in [5, 5.41) is 31.0. The van der Waals surface area contributed by atoms with Crippen LogP contribution in [-0.2, 0) is 38.4 Å². The number of carbonyl (C=O) groups is 8. The quantitative estimate of drug-likeness (QED) is 0.0441. The van der Waals surface area contributed by atoms with Crippen molar-refractivity contribution < 1.29 is 48.6 Å². The monoisotopic (exact) mass is 704 g/mol. The molecule has 0 spiro atoms. The molecule has 19 heteroatoms. The summed E-state index contributed by atoms with van der Waals surface area (Å²) in [6, 6.07) is -7.69. The lowest BCUT2D eigenvalue weighted by Crippen LogP contribution is -2.60. The van der Waals surface area contributed by atoms with E-state index in [-0.39, 0.29) is 25.7 Å². The Morgan fingerprint density at radius 1 is 0.729 bits per heavy atom. The van der Waals surface area contributed by atoms with Crippen LogP contribution in [0.15, 0.2) is 0 Å². The Balaban J connectivity index is 5.77. The van der Waals surface area contributed by atoms with E-state index in [1.807, 2.05) is 0 Å². The number of rotatable bonds is 25. The molecule has 0 saturated carbocycles. The number of thioether (sulfide) groups is 1. The summed E-state index contributed by atoms with van der Waals surface area (Å²) in [5.74, 6) is -7.58. The number of carboxylic acid groups (broad SMARTS) is 2. The molecule has 48 heavy (non-hydrogen) atoms. The molecule has 18 nitrogen and oxygen atoms in total. The lowest BCUT2D eigenvalue weighted by molar-refractivity contribution is -0.142. The van der Waals surface area contributed by atoms with Gasteiger partial charge in [-0.25, -0.2) is 4.79 Å². The Kier molecular flexibility index (Phi) is 21.4. The van der Waals surface area contributed by atoms with E-state index >= 15 is 0 Å². The molecule has 0 aromatic heterocycles. The van der Waals surface area contributed by atoms with Gasteiger partial charge in [-0.05, 0) is 63.5 Å². The molecule has 0 fully saturated rings. The van der Waals surface area contributed by atoms with Gasteiger partial charge >= 0.3 is 11.9 Å². The summed E-state index contributed by atoms with van der Waals surface area (Å²) in [7, 11) is 0. The molecule has 0 aliphatic heterocycles. The molecule has 13 N–H and O–H groups in total. The fourth-order valence-corrected chi connectivity index (χ4v) is 4.71. The van der Waals surface area contributed by atoms with Crippen LogP contribution in [0.2, 0.25) is 0 Å². The van der Waals surface area contributed by atoms with E-state index in [1.54, 1.807) is 20.1 Å². The fraction of sp³-hybridized carbons (Fsp3) is 0.724. The molecular formula is C29H52N8O10S. The van der Waals surface area contributed by atoms with E-state index in [9.17, 15) is 48.6 Å². The normalized spacial score (nSPS) is 15.3. The van der Waals surface area contributed by atoms with E-state index in [4.69, 9.17) is 17.2 Å². The summed E-state index contributed by atoms with van der Waals surface area (Å²) in [4.78, 5) is 99.2. The van der Waals surface area contributed by atoms with Crippen LogP contribution >= 0.6 is 11.8 Å². The minimum absolute atomic E-state index is 0.145. The number of primary amides is 1. The van der Waals surface area contributed by atoms with Crippen molar-refractivity contribution in [2.45, 2.75) is 108 Å². The van der Waals surface area contributed by atoms with Gasteiger partial charge in [-0.1, -0.05) is 20.3 Å². The molecule has 0 saturated heterocycles. The van der Waals surface area contributed by atoms with Crippen LogP contribution in [0.4, 0.5) is 0 Å². The second-order valence-corrected chi connectivity index (χ2v) is 12.4. The SMILES string of the molecule is CC[C@H](C)[C@H](NC(=O)[C@H](CC(=O)O)NC(=O)[C@@H](N)CCC(N)=O)C(=O)N[C@@H](C)C(=O)N[C@@H](CCCCN)C(=O)N[C@@H](CCSC)C(=O)O. The van der Waals surface area contributed by atoms with Crippen molar-refractivity contribution >= 4 is 59.1 Å². The minimum Gasteiger partial charge on any atom is -0.481 e. The number of carboxylic acids is 2. The topological polar surface area (TPSA) is 315 Å². The van der Waals surface area contributed by atoms with Crippen LogP contribution in [0, 0.1) is 5.92 Å². The first-order valence-electron chi connectivity index (χ1n) is 15.7. The van der Waals surface area contributed by atoms with Crippen molar-refractivity contribution in [3.8, 4) is 0 Å². The number of nitrogens with two attached hydrogens (primary N) is 3. The Bertz CT molecular complexity index is 1130. The molecule has 7 atom stereocenters. The molecule has 0 aliphatic carbocycles. The molecule has 0 aliphatic rings. The van der Waals surface area contributed by atoms with Crippen molar-refractivity contribution in [3.63, 3.8) is 0 Å². The van der Waals surface area contributed by atoms with Crippen molar-refractivity contribution in [1.82, 2.24) is 26.6 Å². The highest BCUT2D eigenvalue weighted by atomic mass is 32.2. The van der Waals surface area contributed by atoms with E-state index < -0.39 is 96.0 Å². The average Bonchev–Trinajstić information content (AvgIpc) is 3.02. The van der Waals surface area contributed by atoms with Gasteiger partial charge in [0.15, 0.2) is 0 Å². The first kappa shape index (κ1) is 44.0. The molecule has 6 amide bonds.